The Balaban J connectivity index is 5.93. The maximum Gasteiger partial charge on any atom is 0.384 e. The molecule has 0 amide bonds. The van der Waals surface area contributed by atoms with E-state index in [1.54, 1.807) is 0 Å². The third-order valence-corrected chi connectivity index (χ3v) is 5.85. The fourth-order valence-corrected chi connectivity index (χ4v) is 3.44. The molecule has 40 heavy (non-hydrogen) atoms. The summed E-state index contributed by atoms with van der Waals surface area (Å²) in [6.07, 6.45) is -7.07. The van der Waals surface area contributed by atoms with Crippen molar-refractivity contribution in [1.29, 1.82) is 0 Å². The predicted octanol–water partition coefficient (Wildman–Crippen LogP) is 5.04. The van der Waals surface area contributed by atoms with Crippen molar-refractivity contribution < 1.29 is 86.8 Å². The molecule has 0 saturated carbocycles. The maximum absolute atomic E-state index is 13.9. The molecule has 0 spiro atoms. The van der Waals surface area contributed by atoms with Gasteiger partial charge in [-0.05, 0) is 26.2 Å². The molecule has 0 aliphatic heterocycles. The molecule has 0 aliphatic carbocycles. The zero-order chi connectivity index (χ0) is 32.1. The van der Waals surface area contributed by atoms with Crippen LogP contribution in [0, 0.1) is 17.3 Å². The number of aliphatic carboxylic acids is 1. The number of carbonyl (C=O) groups is 3. The molecule has 0 aromatic rings. The molecule has 0 saturated heterocycles. The van der Waals surface area contributed by atoms with Gasteiger partial charge < -0.3 is 19.7 Å². The van der Waals surface area contributed by atoms with E-state index in [-0.39, 0.29) is 6.42 Å². The van der Waals surface area contributed by atoms with Crippen molar-refractivity contribution in [2.75, 3.05) is 19.8 Å². The quantitative estimate of drug-likeness (QED) is 0.174. The molecular weight excluding hydrogens is 592 g/mol. The Morgan fingerprint density at radius 1 is 0.825 bits per heavy atom. The predicted molar refractivity (Wildman–Crippen MR) is 108 cm³/mol. The number of aliphatic hydroxyl groups excluding tert-OH is 1. The Hall–Kier alpha value is -2.47. The van der Waals surface area contributed by atoms with E-state index in [0.717, 1.165) is 13.8 Å². The van der Waals surface area contributed by atoms with Crippen LogP contribution in [0.3, 0.4) is 0 Å². The highest BCUT2D eigenvalue weighted by atomic mass is 19.4. The summed E-state index contributed by atoms with van der Waals surface area (Å²) in [7, 11) is 0. The number of ether oxygens (including phenoxy) is 2. The van der Waals surface area contributed by atoms with Crippen LogP contribution >= 0.6 is 0 Å². The summed E-state index contributed by atoms with van der Waals surface area (Å²) in [4.78, 5) is 36.0. The lowest BCUT2D eigenvalue weighted by molar-refractivity contribution is -0.414. The second kappa shape index (κ2) is 13.0. The fourth-order valence-electron chi connectivity index (χ4n) is 3.44. The number of rotatable bonds is 17. The molecule has 0 aromatic heterocycles. The lowest BCUT2D eigenvalue weighted by Gasteiger charge is -2.39. The van der Waals surface area contributed by atoms with Crippen molar-refractivity contribution in [1.82, 2.24) is 0 Å². The number of alkyl halides is 12. The second-order valence-electron chi connectivity index (χ2n) is 9.13. The number of carboxylic acids is 1. The Morgan fingerprint density at radius 3 is 1.73 bits per heavy atom. The highest BCUT2D eigenvalue weighted by molar-refractivity contribution is 5.80. The van der Waals surface area contributed by atoms with Crippen LogP contribution in [0.1, 0.15) is 40.0 Å². The molecule has 2 N–H and O–H groups in total. The number of carboxylic acid groups (broad SMARTS) is 1. The van der Waals surface area contributed by atoms with Crippen LogP contribution in [0.5, 0.6) is 0 Å². The first kappa shape index (κ1) is 37.5. The van der Waals surface area contributed by atoms with Gasteiger partial charge in [-0.1, -0.05) is 13.8 Å². The van der Waals surface area contributed by atoms with E-state index in [2.05, 4.69) is 4.74 Å². The van der Waals surface area contributed by atoms with Gasteiger partial charge in [0.25, 0.3) is 0 Å². The SMILES string of the molecule is CCC(CC(C)(CC(C)C(=O)OCC(F)(F)C(F)(F)C(F)(F)C(F)(F)C(F)(F)C(F)F)C(=O)OCCO)C(=O)O. The highest BCUT2D eigenvalue weighted by Crippen LogP contribution is 2.58. The lowest BCUT2D eigenvalue weighted by Crippen LogP contribution is -2.69. The van der Waals surface area contributed by atoms with Crippen molar-refractivity contribution in [3.8, 4) is 0 Å². The van der Waals surface area contributed by atoms with Crippen molar-refractivity contribution in [2.24, 2.45) is 17.3 Å². The van der Waals surface area contributed by atoms with Gasteiger partial charge in [-0.15, -0.1) is 0 Å². The summed E-state index contributed by atoms with van der Waals surface area (Å²) in [5, 5.41) is 18.1. The molecule has 236 valence electrons. The molecule has 0 aliphatic rings. The monoisotopic (exact) mass is 618 g/mol. The average Bonchev–Trinajstić information content (AvgIpc) is 2.83. The zero-order valence-corrected chi connectivity index (χ0v) is 20.9. The third kappa shape index (κ3) is 7.43. The number of hydrogen-bond acceptors (Lipinski definition) is 6. The minimum Gasteiger partial charge on any atom is -0.481 e. The van der Waals surface area contributed by atoms with E-state index in [0.29, 0.717) is 0 Å². The third-order valence-electron chi connectivity index (χ3n) is 5.85. The van der Waals surface area contributed by atoms with Gasteiger partial charge in [0.1, 0.15) is 6.61 Å². The van der Waals surface area contributed by atoms with E-state index >= 15 is 0 Å². The normalized spacial score (nSPS) is 16.7. The van der Waals surface area contributed by atoms with E-state index in [1.807, 2.05) is 0 Å². The van der Waals surface area contributed by atoms with Crippen LogP contribution in [0.15, 0.2) is 0 Å². The zero-order valence-electron chi connectivity index (χ0n) is 20.9. The molecule has 3 unspecified atom stereocenters. The molecule has 7 nitrogen and oxygen atoms in total. The average molecular weight is 618 g/mol. The summed E-state index contributed by atoms with van der Waals surface area (Å²) < 4.78 is 168. The lowest BCUT2D eigenvalue weighted by atomic mass is 9.74. The van der Waals surface area contributed by atoms with Crippen LogP contribution in [0.25, 0.3) is 0 Å². The number of aliphatic hydroxyl groups is 1. The second-order valence-corrected chi connectivity index (χ2v) is 9.13. The molecule has 0 aromatic carbocycles. The van der Waals surface area contributed by atoms with Gasteiger partial charge >= 0.3 is 53.9 Å². The van der Waals surface area contributed by atoms with Crippen molar-refractivity contribution >= 4 is 17.9 Å². The van der Waals surface area contributed by atoms with E-state index in [1.165, 1.54) is 6.92 Å². The minimum atomic E-state index is -7.79. The minimum absolute atomic E-state index is 0.0677. The van der Waals surface area contributed by atoms with Gasteiger partial charge in [-0.2, -0.15) is 43.9 Å². The highest BCUT2D eigenvalue weighted by Gasteiger charge is 2.87. The molecule has 0 rings (SSSR count). The number of esters is 2. The topological polar surface area (TPSA) is 110 Å². The first-order valence-corrected chi connectivity index (χ1v) is 11.1. The smallest absolute Gasteiger partial charge is 0.384 e. The Bertz CT molecular complexity index is 897. The van der Waals surface area contributed by atoms with Gasteiger partial charge in [-0.25, -0.2) is 8.78 Å². The fraction of sp³-hybridized carbons (Fsp3) is 0.857. The van der Waals surface area contributed by atoms with E-state index in [9.17, 15) is 72.2 Å². The molecule has 0 radical (unpaired) electrons. The Labute approximate surface area is 218 Å². The van der Waals surface area contributed by atoms with Gasteiger partial charge in [0, 0.05) is 0 Å². The Kier molecular flexibility index (Phi) is 12.2. The molecule has 19 heteroatoms. The molecular formula is C21H26F12O7. The molecule has 0 heterocycles. The van der Waals surface area contributed by atoms with Crippen LogP contribution in [0.4, 0.5) is 52.7 Å². The van der Waals surface area contributed by atoms with Crippen LogP contribution in [-0.4, -0.2) is 84.0 Å². The first-order chi connectivity index (χ1) is 17.8. The van der Waals surface area contributed by atoms with Gasteiger partial charge in [-0.3, -0.25) is 14.4 Å². The van der Waals surface area contributed by atoms with Crippen molar-refractivity contribution in [3.05, 3.63) is 0 Å². The van der Waals surface area contributed by atoms with Crippen LogP contribution in [0.2, 0.25) is 0 Å². The van der Waals surface area contributed by atoms with Crippen LogP contribution < -0.4 is 0 Å². The maximum atomic E-state index is 13.9. The van der Waals surface area contributed by atoms with Gasteiger partial charge in [0.15, 0.2) is 6.61 Å². The molecule has 0 bridgehead atoms. The largest absolute Gasteiger partial charge is 0.481 e. The number of carbonyl (C=O) groups excluding carboxylic acids is 2. The standard InChI is InChI=1S/C21H26F12O7/c1-4-11(12(35)36)8-16(3,15(38)39-6-5-34)7-10(2)13(37)40-9-17(24,25)19(28,29)21(32,33)20(30,31)18(26,27)14(22)23/h10-11,14,34H,4-9H2,1-3H3,(H,35,36). The van der Waals surface area contributed by atoms with E-state index < -0.39 is 104 Å². The van der Waals surface area contributed by atoms with E-state index in [4.69, 9.17) is 9.84 Å². The summed E-state index contributed by atoms with van der Waals surface area (Å²) >= 11 is 0. The molecule has 0 fully saturated rings. The van der Waals surface area contributed by atoms with Crippen molar-refractivity contribution in [3.63, 3.8) is 0 Å². The number of hydrogen-bond donors (Lipinski definition) is 2. The molecule has 3 atom stereocenters. The van der Waals surface area contributed by atoms with Crippen LogP contribution in [-0.2, 0) is 23.9 Å². The van der Waals surface area contributed by atoms with Gasteiger partial charge in [0.05, 0.1) is 23.9 Å². The summed E-state index contributed by atoms with van der Waals surface area (Å²) in [6.45, 7) is -1.13. The summed E-state index contributed by atoms with van der Waals surface area (Å²) in [5.74, 6) is -44.2. The number of halogens is 12. The first-order valence-electron chi connectivity index (χ1n) is 11.1. The summed E-state index contributed by atoms with van der Waals surface area (Å²) in [5.41, 5.74) is -1.92. The van der Waals surface area contributed by atoms with Crippen molar-refractivity contribution in [2.45, 2.75) is 76.1 Å². The van der Waals surface area contributed by atoms with Gasteiger partial charge in [0.2, 0.25) is 0 Å². The Morgan fingerprint density at radius 2 is 1.32 bits per heavy atom. The summed E-state index contributed by atoms with van der Waals surface area (Å²) in [6, 6.07) is 0.